The SMILES string of the molecule is CCC(CC)(CN)C(N)=O. The fourth-order valence-corrected chi connectivity index (χ4v) is 0.988. The standard InChI is InChI=1S/C7H16N2O/c1-3-7(4-2,5-8)6(9)10/h3-5,8H2,1-2H3,(H2,9,10). The molecule has 0 aliphatic carbocycles. The summed E-state index contributed by atoms with van der Waals surface area (Å²) in [5.41, 5.74) is 10.2. The smallest absolute Gasteiger partial charge is 0.224 e. The van der Waals surface area contributed by atoms with E-state index in [1.807, 2.05) is 13.8 Å². The molecule has 0 spiro atoms. The van der Waals surface area contributed by atoms with Gasteiger partial charge in [0.2, 0.25) is 5.91 Å². The Labute approximate surface area is 61.8 Å². The Balaban J connectivity index is 4.31. The minimum Gasteiger partial charge on any atom is -0.369 e. The fraction of sp³-hybridized carbons (Fsp3) is 0.857. The molecule has 0 heterocycles. The van der Waals surface area contributed by atoms with Crippen molar-refractivity contribution in [2.45, 2.75) is 26.7 Å². The molecule has 0 atom stereocenters. The summed E-state index contributed by atoms with van der Waals surface area (Å²) in [5.74, 6) is -0.278. The number of primary amides is 1. The molecule has 4 N–H and O–H groups in total. The minimum atomic E-state index is -0.458. The first kappa shape index (κ1) is 9.43. The minimum absolute atomic E-state index is 0.278. The summed E-state index contributed by atoms with van der Waals surface area (Å²) in [4.78, 5) is 10.9. The zero-order valence-corrected chi connectivity index (χ0v) is 6.68. The van der Waals surface area contributed by atoms with Crippen LogP contribution in [0.15, 0.2) is 0 Å². The summed E-state index contributed by atoms with van der Waals surface area (Å²) in [6, 6.07) is 0. The molecule has 0 aliphatic heterocycles. The average Bonchev–Trinajstić information content (AvgIpc) is 1.92. The van der Waals surface area contributed by atoms with Crippen LogP contribution in [0.25, 0.3) is 0 Å². The van der Waals surface area contributed by atoms with Gasteiger partial charge in [-0.25, -0.2) is 0 Å². The van der Waals surface area contributed by atoms with Gasteiger partial charge in [-0.1, -0.05) is 13.8 Å². The molecule has 0 aromatic heterocycles. The third-order valence-corrected chi connectivity index (χ3v) is 2.27. The van der Waals surface area contributed by atoms with Gasteiger partial charge in [0.1, 0.15) is 0 Å². The topological polar surface area (TPSA) is 69.1 Å². The number of nitrogens with two attached hydrogens (primary N) is 2. The number of rotatable bonds is 4. The summed E-state index contributed by atoms with van der Waals surface area (Å²) in [6.45, 7) is 4.22. The van der Waals surface area contributed by atoms with Gasteiger partial charge < -0.3 is 11.5 Å². The molecule has 0 fully saturated rings. The van der Waals surface area contributed by atoms with E-state index in [0.717, 1.165) is 12.8 Å². The van der Waals surface area contributed by atoms with Crippen molar-refractivity contribution >= 4 is 5.91 Å². The van der Waals surface area contributed by atoms with E-state index in [0.29, 0.717) is 6.54 Å². The van der Waals surface area contributed by atoms with Crippen molar-refractivity contribution in [3.05, 3.63) is 0 Å². The van der Waals surface area contributed by atoms with Crippen LogP contribution in [0, 0.1) is 5.41 Å². The Hall–Kier alpha value is -0.570. The van der Waals surface area contributed by atoms with Crippen LogP contribution in [0.3, 0.4) is 0 Å². The van der Waals surface area contributed by atoms with E-state index < -0.39 is 5.41 Å². The van der Waals surface area contributed by atoms with Crippen LogP contribution in [0.2, 0.25) is 0 Å². The van der Waals surface area contributed by atoms with Crippen LogP contribution in [0.4, 0.5) is 0 Å². The van der Waals surface area contributed by atoms with Crippen LogP contribution in [-0.2, 0) is 4.79 Å². The molecule has 60 valence electrons. The Bertz CT molecular complexity index is 111. The Morgan fingerprint density at radius 1 is 1.40 bits per heavy atom. The van der Waals surface area contributed by atoms with Gasteiger partial charge in [-0.3, -0.25) is 4.79 Å². The van der Waals surface area contributed by atoms with Crippen LogP contribution in [0.5, 0.6) is 0 Å². The summed E-state index contributed by atoms with van der Waals surface area (Å²) in [6.07, 6.45) is 1.46. The number of carbonyl (C=O) groups excluding carboxylic acids is 1. The van der Waals surface area contributed by atoms with Crippen LogP contribution in [0.1, 0.15) is 26.7 Å². The van der Waals surface area contributed by atoms with Gasteiger partial charge in [0.05, 0.1) is 5.41 Å². The number of hydrogen-bond donors (Lipinski definition) is 2. The highest BCUT2D eigenvalue weighted by molar-refractivity contribution is 5.80. The molecule has 0 saturated carbocycles. The zero-order valence-electron chi connectivity index (χ0n) is 6.68. The fourth-order valence-electron chi connectivity index (χ4n) is 0.988. The molecule has 0 aromatic carbocycles. The van der Waals surface area contributed by atoms with Crippen LogP contribution in [-0.4, -0.2) is 12.5 Å². The molecule has 10 heavy (non-hydrogen) atoms. The maximum atomic E-state index is 10.9. The van der Waals surface area contributed by atoms with E-state index in [-0.39, 0.29) is 5.91 Å². The van der Waals surface area contributed by atoms with Gasteiger partial charge in [0, 0.05) is 6.54 Å². The summed E-state index contributed by atoms with van der Waals surface area (Å²) >= 11 is 0. The van der Waals surface area contributed by atoms with Crippen molar-refractivity contribution in [3.63, 3.8) is 0 Å². The van der Waals surface area contributed by atoms with Crippen LogP contribution < -0.4 is 11.5 Å². The van der Waals surface area contributed by atoms with E-state index in [2.05, 4.69) is 0 Å². The normalized spacial score (nSPS) is 11.5. The Kier molecular flexibility index (Phi) is 3.36. The van der Waals surface area contributed by atoms with Gasteiger partial charge in [-0.2, -0.15) is 0 Å². The molecule has 0 bridgehead atoms. The Morgan fingerprint density at radius 3 is 1.80 bits per heavy atom. The zero-order chi connectivity index (χ0) is 8.20. The highest BCUT2D eigenvalue weighted by atomic mass is 16.1. The van der Waals surface area contributed by atoms with E-state index in [4.69, 9.17) is 11.5 Å². The molecular formula is C7H16N2O. The quantitative estimate of drug-likeness (QED) is 0.593. The van der Waals surface area contributed by atoms with Gasteiger partial charge in [-0.15, -0.1) is 0 Å². The molecule has 0 aliphatic rings. The molecular weight excluding hydrogens is 128 g/mol. The van der Waals surface area contributed by atoms with E-state index in [1.54, 1.807) is 0 Å². The number of carbonyl (C=O) groups is 1. The second kappa shape index (κ2) is 3.56. The molecule has 3 heteroatoms. The molecule has 0 radical (unpaired) electrons. The molecule has 3 nitrogen and oxygen atoms in total. The van der Waals surface area contributed by atoms with Crippen molar-refractivity contribution < 1.29 is 4.79 Å². The second-order valence-corrected chi connectivity index (χ2v) is 2.56. The lowest BCUT2D eigenvalue weighted by molar-refractivity contribution is -0.127. The number of hydrogen-bond acceptors (Lipinski definition) is 2. The summed E-state index contributed by atoms with van der Waals surface area (Å²) in [7, 11) is 0. The van der Waals surface area contributed by atoms with Gasteiger partial charge in [-0.05, 0) is 12.8 Å². The van der Waals surface area contributed by atoms with E-state index in [9.17, 15) is 4.79 Å². The maximum absolute atomic E-state index is 10.9. The molecule has 0 unspecified atom stereocenters. The molecule has 0 aromatic rings. The average molecular weight is 144 g/mol. The van der Waals surface area contributed by atoms with Crippen molar-refractivity contribution in [1.82, 2.24) is 0 Å². The summed E-state index contributed by atoms with van der Waals surface area (Å²) in [5, 5.41) is 0. The lowest BCUT2D eigenvalue weighted by Gasteiger charge is -2.25. The van der Waals surface area contributed by atoms with Gasteiger partial charge >= 0.3 is 0 Å². The third kappa shape index (κ3) is 1.48. The highest BCUT2D eigenvalue weighted by Gasteiger charge is 2.30. The number of amides is 1. The highest BCUT2D eigenvalue weighted by Crippen LogP contribution is 2.23. The predicted molar refractivity (Wildman–Crippen MR) is 41.3 cm³/mol. The molecule has 0 saturated heterocycles. The first-order chi connectivity index (χ1) is 4.63. The lowest BCUT2D eigenvalue weighted by Crippen LogP contribution is -2.42. The predicted octanol–water partition coefficient (Wildman–Crippen LogP) is 0.237. The molecule has 1 amide bonds. The third-order valence-electron chi connectivity index (χ3n) is 2.27. The van der Waals surface area contributed by atoms with Gasteiger partial charge in [0.15, 0.2) is 0 Å². The van der Waals surface area contributed by atoms with Crippen LogP contribution >= 0.6 is 0 Å². The van der Waals surface area contributed by atoms with Crippen molar-refractivity contribution in [3.8, 4) is 0 Å². The summed E-state index contributed by atoms with van der Waals surface area (Å²) < 4.78 is 0. The molecule has 0 rings (SSSR count). The monoisotopic (exact) mass is 144 g/mol. The lowest BCUT2D eigenvalue weighted by atomic mass is 9.82. The van der Waals surface area contributed by atoms with Gasteiger partial charge in [0.25, 0.3) is 0 Å². The first-order valence-corrected chi connectivity index (χ1v) is 3.63. The van der Waals surface area contributed by atoms with E-state index >= 15 is 0 Å². The van der Waals surface area contributed by atoms with Crippen molar-refractivity contribution in [2.24, 2.45) is 16.9 Å². The Morgan fingerprint density at radius 2 is 1.80 bits per heavy atom. The largest absolute Gasteiger partial charge is 0.369 e. The second-order valence-electron chi connectivity index (χ2n) is 2.56. The first-order valence-electron chi connectivity index (χ1n) is 3.63. The maximum Gasteiger partial charge on any atom is 0.224 e. The van der Waals surface area contributed by atoms with Crippen molar-refractivity contribution in [1.29, 1.82) is 0 Å². The van der Waals surface area contributed by atoms with Crippen molar-refractivity contribution in [2.75, 3.05) is 6.54 Å². The van der Waals surface area contributed by atoms with E-state index in [1.165, 1.54) is 0 Å².